The van der Waals surface area contributed by atoms with Crippen molar-refractivity contribution in [1.29, 1.82) is 0 Å². The number of benzene rings is 4. The molecule has 0 bridgehead atoms. The summed E-state index contributed by atoms with van der Waals surface area (Å²) in [6.07, 6.45) is 0. The molecule has 5 rings (SSSR count). The molecule has 1 aliphatic rings. The van der Waals surface area contributed by atoms with Crippen LogP contribution >= 0.6 is 0 Å². The molecule has 1 fully saturated rings. The highest BCUT2D eigenvalue weighted by atomic mass is 16.5. The van der Waals surface area contributed by atoms with E-state index in [0.29, 0.717) is 41.7 Å². The zero-order valence-corrected chi connectivity index (χ0v) is 22.6. The van der Waals surface area contributed by atoms with Crippen LogP contribution < -0.4 is 14.4 Å². The van der Waals surface area contributed by atoms with Crippen LogP contribution in [0.1, 0.15) is 37.9 Å². The Kier molecular flexibility index (Phi) is 7.47. The van der Waals surface area contributed by atoms with E-state index in [1.54, 1.807) is 49.4 Å². The van der Waals surface area contributed by atoms with Crippen LogP contribution in [-0.4, -0.2) is 35.1 Å². The molecular formula is C33H31NO6. The third kappa shape index (κ3) is 4.98. The number of carbonyl (C=O) groups excluding carboxylic acids is 2. The van der Waals surface area contributed by atoms with Crippen molar-refractivity contribution in [2.75, 3.05) is 18.1 Å². The Bertz CT molecular complexity index is 1620. The number of aromatic hydroxyl groups is 1. The molecule has 1 amide bonds. The Hall–Kier alpha value is -4.78. The summed E-state index contributed by atoms with van der Waals surface area (Å²) in [6, 6.07) is 23.7. The minimum absolute atomic E-state index is 0.0629. The monoisotopic (exact) mass is 537 g/mol. The van der Waals surface area contributed by atoms with Crippen molar-refractivity contribution in [2.45, 2.75) is 26.8 Å². The molecule has 1 saturated heterocycles. The first kappa shape index (κ1) is 26.8. The zero-order chi connectivity index (χ0) is 28.4. The second-order valence-electron chi connectivity index (χ2n) is 10.1. The van der Waals surface area contributed by atoms with Crippen LogP contribution in [0.4, 0.5) is 5.69 Å². The smallest absolute Gasteiger partial charge is 0.300 e. The molecule has 7 heteroatoms. The first-order valence-corrected chi connectivity index (χ1v) is 13.3. The van der Waals surface area contributed by atoms with Crippen molar-refractivity contribution >= 4 is 33.9 Å². The van der Waals surface area contributed by atoms with Gasteiger partial charge >= 0.3 is 0 Å². The number of ketones is 1. The lowest BCUT2D eigenvalue weighted by atomic mass is 9.94. The second-order valence-corrected chi connectivity index (χ2v) is 10.1. The molecule has 40 heavy (non-hydrogen) atoms. The molecule has 0 aromatic heterocycles. The van der Waals surface area contributed by atoms with Crippen LogP contribution in [0.2, 0.25) is 0 Å². The molecule has 1 aliphatic heterocycles. The number of aliphatic hydroxyl groups is 1. The standard InChI is InChI=1S/C33H31NO6/c1-4-39-28-18-22(15-16-27(28)35)30-29(31(36)23-11-7-12-24(17-23)40-19-20(2)3)32(37)33(38)34(30)26-14-8-10-21-9-5-6-13-25(21)26/h5-18,20,30,35-36H,4,19H2,1-3H3/b31-29+. The Balaban J connectivity index is 1.72. The number of aliphatic hydroxyl groups excluding tert-OH is 1. The van der Waals surface area contributed by atoms with Gasteiger partial charge in [-0.15, -0.1) is 0 Å². The SMILES string of the molecule is CCOc1cc(C2/C(=C(\O)c3cccc(OCC(C)C)c3)C(=O)C(=O)N2c2cccc3ccccc23)ccc1O. The minimum Gasteiger partial charge on any atom is -0.507 e. The average molecular weight is 538 g/mol. The number of phenolic OH excluding ortho intramolecular Hbond substituents is 1. The number of amides is 1. The maximum Gasteiger partial charge on any atom is 0.300 e. The molecule has 7 nitrogen and oxygen atoms in total. The van der Waals surface area contributed by atoms with E-state index in [1.807, 2.05) is 50.2 Å². The first-order valence-electron chi connectivity index (χ1n) is 13.3. The van der Waals surface area contributed by atoms with Gasteiger partial charge in [0.25, 0.3) is 11.7 Å². The third-order valence-electron chi connectivity index (χ3n) is 6.76. The third-order valence-corrected chi connectivity index (χ3v) is 6.76. The van der Waals surface area contributed by atoms with Crippen LogP contribution in [-0.2, 0) is 9.59 Å². The van der Waals surface area contributed by atoms with Crippen LogP contribution in [0.5, 0.6) is 17.2 Å². The van der Waals surface area contributed by atoms with Gasteiger partial charge in [-0.25, -0.2) is 0 Å². The molecule has 2 N–H and O–H groups in total. The van der Waals surface area contributed by atoms with Gasteiger partial charge in [-0.1, -0.05) is 68.4 Å². The Morgan fingerprint density at radius 2 is 1.68 bits per heavy atom. The van der Waals surface area contributed by atoms with Crippen molar-refractivity contribution in [1.82, 2.24) is 0 Å². The number of fused-ring (bicyclic) bond motifs is 1. The Morgan fingerprint density at radius 3 is 2.45 bits per heavy atom. The van der Waals surface area contributed by atoms with E-state index in [9.17, 15) is 19.8 Å². The predicted molar refractivity (Wildman–Crippen MR) is 155 cm³/mol. The fourth-order valence-corrected chi connectivity index (χ4v) is 4.94. The molecule has 1 unspecified atom stereocenters. The Labute approximate surface area is 232 Å². The van der Waals surface area contributed by atoms with Crippen molar-refractivity contribution in [3.05, 3.63) is 102 Å². The van der Waals surface area contributed by atoms with Crippen molar-refractivity contribution in [3.63, 3.8) is 0 Å². The van der Waals surface area contributed by atoms with Crippen molar-refractivity contribution in [2.24, 2.45) is 5.92 Å². The van der Waals surface area contributed by atoms with E-state index in [4.69, 9.17) is 9.47 Å². The van der Waals surface area contributed by atoms with E-state index in [0.717, 1.165) is 10.8 Å². The summed E-state index contributed by atoms with van der Waals surface area (Å²) in [4.78, 5) is 28.8. The number of hydrogen-bond donors (Lipinski definition) is 2. The van der Waals surface area contributed by atoms with Gasteiger partial charge in [-0.2, -0.15) is 0 Å². The van der Waals surface area contributed by atoms with E-state index in [2.05, 4.69) is 0 Å². The van der Waals surface area contributed by atoms with Crippen LogP contribution in [0.25, 0.3) is 16.5 Å². The van der Waals surface area contributed by atoms with E-state index in [1.165, 1.54) is 11.0 Å². The van der Waals surface area contributed by atoms with Gasteiger partial charge in [-0.05, 0) is 54.1 Å². The molecule has 4 aromatic carbocycles. The minimum atomic E-state index is -0.981. The van der Waals surface area contributed by atoms with Gasteiger partial charge in [0.2, 0.25) is 0 Å². The van der Waals surface area contributed by atoms with Gasteiger partial charge in [0.15, 0.2) is 11.5 Å². The molecular weight excluding hydrogens is 506 g/mol. The lowest BCUT2D eigenvalue weighted by Crippen LogP contribution is -2.29. The van der Waals surface area contributed by atoms with Crippen LogP contribution in [0, 0.1) is 5.92 Å². The second kappa shape index (κ2) is 11.1. The number of nitrogens with zero attached hydrogens (tertiary/aromatic N) is 1. The largest absolute Gasteiger partial charge is 0.507 e. The highest BCUT2D eigenvalue weighted by molar-refractivity contribution is 6.52. The number of anilines is 1. The summed E-state index contributed by atoms with van der Waals surface area (Å²) in [5, 5.41) is 23.6. The van der Waals surface area contributed by atoms with Gasteiger partial charge in [-0.3, -0.25) is 14.5 Å². The lowest BCUT2D eigenvalue weighted by Gasteiger charge is -2.27. The molecule has 204 valence electrons. The maximum atomic E-state index is 13.7. The topological polar surface area (TPSA) is 96.3 Å². The quantitative estimate of drug-likeness (QED) is 0.149. The Morgan fingerprint density at radius 1 is 0.925 bits per heavy atom. The lowest BCUT2D eigenvalue weighted by molar-refractivity contribution is -0.132. The molecule has 1 atom stereocenters. The molecule has 0 aliphatic carbocycles. The van der Waals surface area contributed by atoms with Gasteiger partial charge in [0.1, 0.15) is 11.5 Å². The summed E-state index contributed by atoms with van der Waals surface area (Å²) < 4.78 is 11.4. The van der Waals surface area contributed by atoms with Crippen LogP contribution in [0.15, 0.2) is 90.5 Å². The highest BCUT2D eigenvalue weighted by Crippen LogP contribution is 2.45. The van der Waals surface area contributed by atoms with Crippen molar-refractivity contribution in [3.8, 4) is 17.2 Å². The van der Waals surface area contributed by atoms with Crippen LogP contribution in [0.3, 0.4) is 0 Å². The number of carbonyl (C=O) groups is 2. The van der Waals surface area contributed by atoms with E-state index >= 15 is 0 Å². The van der Waals surface area contributed by atoms with Crippen molar-refractivity contribution < 1.29 is 29.3 Å². The summed E-state index contributed by atoms with van der Waals surface area (Å²) >= 11 is 0. The number of hydrogen-bond acceptors (Lipinski definition) is 6. The number of rotatable bonds is 8. The number of ether oxygens (including phenoxy) is 2. The highest BCUT2D eigenvalue weighted by Gasteiger charge is 2.47. The van der Waals surface area contributed by atoms with Gasteiger partial charge < -0.3 is 19.7 Å². The van der Waals surface area contributed by atoms with E-state index < -0.39 is 17.7 Å². The molecule has 0 radical (unpaired) electrons. The number of phenols is 1. The van der Waals surface area contributed by atoms with E-state index in [-0.39, 0.29) is 22.8 Å². The summed E-state index contributed by atoms with van der Waals surface area (Å²) in [7, 11) is 0. The fraction of sp³-hybridized carbons (Fsp3) is 0.212. The maximum absolute atomic E-state index is 13.7. The first-order chi connectivity index (χ1) is 19.3. The summed E-state index contributed by atoms with van der Waals surface area (Å²) in [6.45, 7) is 6.66. The molecule has 4 aromatic rings. The average Bonchev–Trinajstić information content (AvgIpc) is 3.22. The van der Waals surface area contributed by atoms with Gasteiger partial charge in [0.05, 0.1) is 30.5 Å². The molecule has 1 heterocycles. The van der Waals surface area contributed by atoms with Gasteiger partial charge in [0, 0.05) is 10.9 Å². The molecule has 0 spiro atoms. The predicted octanol–water partition coefficient (Wildman–Crippen LogP) is 6.61. The number of Topliss-reactive ketones (excluding diaryl/α,β-unsaturated/α-hetero) is 1. The summed E-state index contributed by atoms with van der Waals surface area (Å²) in [5.41, 5.74) is 1.32. The molecule has 0 saturated carbocycles. The normalized spacial score (nSPS) is 16.6. The fourth-order valence-electron chi connectivity index (χ4n) is 4.94. The zero-order valence-electron chi connectivity index (χ0n) is 22.6. The summed E-state index contributed by atoms with van der Waals surface area (Å²) in [5.74, 6) is -0.892.